The van der Waals surface area contributed by atoms with Crippen molar-refractivity contribution in [2.45, 2.75) is 308 Å². The molecule has 0 amide bonds. The normalized spacial score (nSPS) is 14.7. The van der Waals surface area contributed by atoms with Crippen molar-refractivity contribution in [2.24, 2.45) is 40.9 Å². The van der Waals surface area contributed by atoms with E-state index in [4.69, 9.17) is 0 Å². The number of non-ortho nitro benzene ring substituents is 4. The van der Waals surface area contributed by atoms with Crippen molar-refractivity contribution in [1.29, 1.82) is 0 Å². The van der Waals surface area contributed by atoms with Gasteiger partial charge in [-0.25, -0.2) is 0 Å². The lowest BCUT2D eigenvalue weighted by Crippen LogP contribution is -2.12. The highest BCUT2D eigenvalue weighted by Crippen LogP contribution is 2.61. The van der Waals surface area contributed by atoms with E-state index in [0.717, 1.165) is 180 Å². The zero-order valence-electron chi connectivity index (χ0n) is 72.4. The highest BCUT2D eigenvalue weighted by Gasteiger charge is 2.38. The molecule has 0 saturated heterocycles. The van der Waals surface area contributed by atoms with Crippen LogP contribution < -0.4 is 0 Å². The molecule has 0 fully saturated rings. The number of aromatic hydroxyl groups is 8. The predicted molar refractivity (Wildman–Crippen MR) is 483 cm³/mol. The van der Waals surface area contributed by atoms with Gasteiger partial charge >= 0.3 is 0 Å². The largest absolute Gasteiger partial charge is 0.505 e. The van der Waals surface area contributed by atoms with Crippen molar-refractivity contribution < 1.29 is 60.5 Å². The number of hydrogen-bond acceptors (Lipinski definition) is 24. The summed E-state index contributed by atoms with van der Waals surface area (Å²) in [5.41, 5.74) is -2.18. The molecule has 0 heterocycles. The molecular weight excluding hydrogens is 1580 g/mol. The van der Waals surface area contributed by atoms with Gasteiger partial charge in [-0.3, -0.25) is 40.5 Å². The highest BCUT2D eigenvalue weighted by atomic mass is 16.6. The third-order valence-electron chi connectivity index (χ3n) is 23.9. The Morgan fingerprint density at radius 1 is 0.218 bits per heavy atom. The Morgan fingerprint density at radius 3 is 0.492 bits per heavy atom. The summed E-state index contributed by atoms with van der Waals surface area (Å²) in [4.78, 5) is 45.8. The number of fused-ring (bicyclic) bond motifs is 8. The molecule has 8 aromatic carbocycles. The molecule has 0 aliphatic heterocycles. The lowest BCUT2D eigenvalue weighted by Gasteiger charge is -2.30. The summed E-state index contributed by atoms with van der Waals surface area (Å²) in [5.74, 6) is -9.73. The van der Waals surface area contributed by atoms with Gasteiger partial charge in [0.2, 0.25) is 0 Å². The Balaban J connectivity index is 1.46. The van der Waals surface area contributed by atoms with Crippen LogP contribution in [0.5, 0.6) is 46.0 Å². The van der Waals surface area contributed by atoms with E-state index < -0.39 is 112 Å². The molecule has 0 radical (unpaired) electrons. The summed E-state index contributed by atoms with van der Waals surface area (Å²) in [7, 11) is 0. The van der Waals surface area contributed by atoms with E-state index in [9.17, 15) is 81.3 Å². The first-order chi connectivity index (χ1) is 60.1. The van der Waals surface area contributed by atoms with Gasteiger partial charge in [0.15, 0.2) is 68.7 Å². The fourth-order valence-electron chi connectivity index (χ4n) is 16.8. The molecule has 28 heteroatoms. The quantitative estimate of drug-likeness (QED) is 0.00760. The van der Waals surface area contributed by atoms with E-state index in [-0.39, 0.29) is 116 Å². The molecule has 0 saturated carbocycles. The van der Waals surface area contributed by atoms with Crippen LogP contribution in [0.25, 0.3) is 0 Å². The maximum absolute atomic E-state index is 13.6. The van der Waals surface area contributed by atoms with Crippen molar-refractivity contribution in [3.63, 3.8) is 0 Å². The minimum Gasteiger partial charge on any atom is -0.505 e. The van der Waals surface area contributed by atoms with Crippen LogP contribution in [-0.2, 0) is 0 Å². The van der Waals surface area contributed by atoms with Crippen molar-refractivity contribution in [2.75, 3.05) is 0 Å². The molecule has 0 atom stereocenters. The van der Waals surface area contributed by atoms with Crippen LogP contribution in [0.1, 0.15) is 353 Å². The van der Waals surface area contributed by atoms with E-state index in [2.05, 4.69) is 68.6 Å². The molecule has 1 aliphatic rings. The van der Waals surface area contributed by atoms with Gasteiger partial charge in [-0.15, -0.1) is 20.5 Å². The number of hydrogen-bond donors (Lipinski definition) is 8. The second kappa shape index (κ2) is 50.1. The number of phenols is 8. The zero-order valence-corrected chi connectivity index (χ0v) is 72.4. The molecule has 0 aromatic heterocycles. The van der Waals surface area contributed by atoms with Crippen molar-refractivity contribution >= 4 is 68.2 Å². The SMILES string of the molecule is CCCCCCCCCCCC1c2cc(c(O)c(N=Nc3ccc([N+](=O)[O-])cc3)c2O)C(CCCCCCCCCCC)c2cc(c(O)c(N=Nc3ccc([N+](=O)[O-])cc3)c2O)C(CCCCCCCCCCC)c2cc(c(O)c(N=Nc3ccc([N+](=O)[O-])cc3)c2O)C(CCCCCCCCCCC)c2cc1c(O)c(N=Nc1ccc([N+](=O)[O-])cc1)c2O. The number of nitro groups is 4. The number of unbranched alkanes of at least 4 members (excludes halogenated alkanes) is 32. The highest BCUT2D eigenvalue weighted by molar-refractivity contribution is 5.78. The number of nitrogens with zero attached hydrogens (tertiary/aromatic N) is 12. The lowest BCUT2D eigenvalue weighted by atomic mass is 9.75. The van der Waals surface area contributed by atoms with E-state index in [1.807, 2.05) is 0 Å². The van der Waals surface area contributed by atoms with Gasteiger partial charge in [-0.1, -0.05) is 259 Å². The number of nitro benzene ring substituents is 4. The van der Waals surface area contributed by atoms with Crippen LogP contribution in [0.4, 0.5) is 68.2 Å². The summed E-state index contributed by atoms with van der Waals surface area (Å²) in [6.07, 6.45) is 32.8. The second-order valence-electron chi connectivity index (χ2n) is 33.0. The Hall–Kier alpha value is -11.8. The Bertz CT molecular complexity index is 4200. The standard InChI is InChI=1S/C96H124N12O16/c1-5-9-13-17-21-25-29-33-37-41-73-77-61-79(91(111)85(89(77)109)101-97-65-45-53-69(54-46-65)105(117)118)74(42-38-34-30-26-22-18-14-10-6-2)81-63-83(95(115)87(93(81)113)103-99-67-49-57-71(58-50-67)107(121)122)76(44-40-36-32-28-24-20-16-12-8-4)84-64-82(94(114)88(96(84)116)104-100-68-51-59-72(60-52-68)108(123)124)75(43-39-35-31-27-23-19-15-11-7-3)80-62-78(73)90(110)86(92(80)112)102-98-66-47-55-70(56-48-66)106(119)120/h45-64,73-76,109-116H,5-44H2,1-4H3. The molecule has 0 unspecified atom stereocenters. The Kier molecular flexibility index (Phi) is 38.7. The molecule has 124 heavy (non-hydrogen) atoms. The zero-order chi connectivity index (χ0) is 88.9. The average molecular weight is 1700 g/mol. The van der Waals surface area contributed by atoms with Gasteiger partial charge in [-0.2, -0.15) is 20.5 Å². The van der Waals surface area contributed by atoms with E-state index in [1.54, 1.807) is 24.3 Å². The minimum absolute atomic E-state index is 0.0541. The summed E-state index contributed by atoms with van der Waals surface area (Å²) >= 11 is 0. The van der Waals surface area contributed by atoms with Gasteiger partial charge in [0, 0.05) is 117 Å². The van der Waals surface area contributed by atoms with Crippen molar-refractivity contribution in [1.82, 2.24) is 0 Å². The molecular formula is C96H124N12O16. The number of azo groups is 4. The molecule has 0 spiro atoms. The first kappa shape index (κ1) is 96.0. The topological polar surface area (TPSA) is 433 Å². The van der Waals surface area contributed by atoms with Gasteiger partial charge in [-0.05, 0) is 98.5 Å². The lowest BCUT2D eigenvalue weighted by molar-refractivity contribution is -0.385. The van der Waals surface area contributed by atoms with Gasteiger partial charge in [0.05, 0.1) is 42.4 Å². The maximum atomic E-state index is 13.6. The molecule has 8 aromatic rings. The van der Waals surface area contributed by atoms with Crippen molar-refractivity contribution in [3.8, 4) is 46.0 Å². The summed E-state index contributed by atoms with van der Waals surface area (Å²) in [6.45, 7) is 8.64. The molecule has 9 rings (SSSR count). The second-order valence-corrected chi connectivity index (χ2v) is 33.0. The fraction of sp³-hybridized carbons (Fsp3) is 0.500. The molecule has 8 bridgehead atoms. The van der Waals surface area contributed by atoms with Crippen molar-refractivity contribution in [3.05, 3.63) is 206 Å². The Labute approximate surface area is 726 Å². The van der Waals surface area contributed by atoms with E-state index in [0.29, 0.717) is 51.4 Å². The molecule has 664 valence electrons. The smallest absolute Gasteiger partial charge is 0.269 e. The van der Waals surface area contributed by atoms with Crippen LogP contribution in [0.2, 0.25) is 0 Å². The number of rotatable bonds is 52. The monoisotopic (exact) mass is 1700 g/mol. The third-order valence-corrected chi connectivity index (χ3v) is 23.9. The van der Waals surface area contributed by atoms with Crippen LogP contribution >= 0.6 is 0 Å². The molecule has 8 N–H and O–H groups in total. The minimum atomic E-state index is -1.19. The maximum Gasteiger partial charge on any atom is 0.269 e. The van der Waals surface area contributed by atoms with Crippen LogP contribution in [-0.4, -0.2) is 60.5 Å². The molecule has 28 nitrogen and oxygen atoms in total. The fourth-order valence-corrected chi connectivity index (χ4v) is 16.8. The predicted octanol–water partition coefficient (Wildman–Crippen LogP) is 31.2. The van der Waals surface area contributed by atoms with Gasteiger partial charge in [0.25, 0.3) is 22.7 Å². The number of benzene rings is 8. The van der Waals surface area contributed by atoms with Crippen LogP contribution in [0, 0.1) is 40.5 Å². The summed E-state index contributed by atoms with van der Waals surface area (Å²) in [6, 6.07) is 27.0. The molecule has 1 aliphatic carbocycles. The summed E-state index contributed by atoms with van der Waals surface area (Å²) in [5, 5.41) is 194. The van der Waals surface area contributed by atoms with Gasteiger partial charge < -0.3 is 40.9 Å². The van der Waals surface area contributed by atoms with E-state index in [1.165, 1.54) is 97.1 Å². The van der Waals surface area contributed by atoms with Gasteiger partial charge in [0.1, 0.15) is 0 Å². The summed E-state index contributed by atoms with van der Waals surface area (Å²) < 4.78 is 0. The van der Waals surface area contributed by atoms with Crippen LogP contribution in [0.3, 0.4) is 0 Å². The third kappa shape index (κ3) is 27.1. The first-order valence-electron chi connectivity index (χ1n) is 45.1. The average Bonchev–Trinajstić information content (AvgIpc) is 0.734. The Morgan fingerprint density at radius 2 is 0.355 bits per heavy atom. The number of phenolic OH excluding ortho intramolecular Hbond substituents is 8. The first-order valence-corrected chi connectivity index (χ1v) is 45.1. The van der Waals surface area contributed by atoms with E-state index >= 15 is 0 Å². The van der Waals surface area contributed by atoms with Crippen LogP contribution in [0.15, 0.2) is 162 Å².